The first kappa shape index (κ1) is 15.8. The Morgan fingerprint density at radius 2 is 2.29 bits per heavy atom. The largest absolute Gasteiger partial charge is 0.447 e. The van der Waals surface area contributed by atoms with Crippen molar-refractivity contribution < 1.29 is 24.5 Å². The Bertz CT molecular complexity index is 627. The van der Waals surface area contributed by atoms with Gasteiger partial charge < -0.3 is 19.7 Å². The second-order valence-electron chi connectivity index (χ2n) is 4.29. The predicted molar refractivity (Wildman–Crippen MR) is 72.1 cm³/mol. The van der Waals surface area contributed by atoms with Gasteiger partial charge >= 0.3 is 11.0 Å². The molecule has 1 unspecified atom stereocenters. The molecule has 2 rings (SSSR count). The molecule has 116 valence electrons. The number of carbonyl (C=O) groups is 1. The summed E-state index contributed by atoms with van der Waals surface area (Å²) in [5.74, 6) is 0. The lowest BCUT2D eigenvalue weighted by molar-refractivity contribution is -0.0551. The van der Waals surface area contributed by atoms with Gasteiger partial charge in [-0.1, -0.05) is 0 Å². The molecular weight excluding hydrogens is 304 g/mol. The van der Waals surface area contributed by atoms with Gasteiger partial charge in [0, 0.05) is 12.3 Å². The summed E-state index contributed by atoms with van der Waals surface area (Å²) in [6.45, 7) is -0.511. The van der Waals surface area contributed by atoms with E-state index in [4.69, 9.17) is 14.6 Å². The van der Waals surface area contributed by atoms with E-state index in [1.165, 1.54) is 6.26 Å². The molecule has 0 saturated carbocycles. The van der Waals surface area contributed by atoms with Crippen molar-refractivity contribution in [3.63, 3.8) is 0 Å². The van der Waals surface area contributed by atoms with Crippen molar-refractivity contribution in [2.24, 2.45) is 0 Å². The number of rotatable bonds is 3. The van der Waals surface area contributed by atoms with Crippen molar-refractivity contribution in [1.82, 2.24) is 9.55 Å². The average molecular weight is 318 g/mol. The molecule has 0 aliphatic carbocycles. The maximum atomic E-state index is 11.8. The number of H-pyrrole nitrogens is 1. The van der Waals surface area contributed by atoms with Gasteiger partial charge in [0.15, 0.2) is 12.3 Å². The highest BCUT2D eigenvalue weighted by Gasteiger charge is 2.47. The summed E-state index contributed by atoms with van der Waals surface area (Å²) in [7, 11) is 0. The van der Waals surface area contributed by atoms with Crippen molar-refractivity contribution in [1.29, 1.82) is 0 Å². The summed E-state index contributed by atoms with van der Waals surface area (Å²) in [5, 5.41) is 18.5. The molecule has 2 heterocycles. The van der Waals surface area contributed by atoms with Crippen LogP contribution in [0.5, 0.6) is 0 Å². The van der Waals surface area contributed by atoms with Crippen LogP contribution in [0, 0.1) is 0 Å². The molecule has 0 radical (unpaired) electrons. The van der Waals surface area contributed by atoms with Crippen molar-refractivity contribution in [3.8, 4) is 0 Å². The van der Waals surface area contributed by atoms with Crippen LogP contribution in [0.4, 0.5) is 4.79 Å². The monoisotopic (exact) mass is 318 g/mol. The van der Waals surface area contributed by atoms with E-state index >= 15 is 0 Å². The number of aliphatic hydroxyl groups excluding tert-OH is 2. The van der Waals surface area contributed by atoms with E-state index in [1.807, 2.05) is 4.98 Å². The molecule has 1 fully saturated rings. The van der Waals surface area contributed by atoms with Gasteiger partial charge in [0.2, 0.25) is 0 Å². The molecule has 1 aromatic heterocycles. The van der Waals surface area contributed by atoms with Crippen LogP contribution in [-0.4, -0.2) is 56.2 Å². The minimum atomic E-state index is -1.30. The van der Waals surface area contributed by atoms with E-state index in [-0.39, 0.29) is 0 Å². The topological polar surface area (TPSA) is 131 Å². The number of nitrogens with zero attached hydrogens (tertiary/aromatic N) is 1. The molecule has 1 aliphatic heterocycles. The van der Waals surface area contributed by atoms with E-state index in [1.54, 1.807) is 0 Å². The number of thioether (sulfide) groups is 1. The fourth-order valence-corrected chi connectivity index (χ4v) is 2.21. The first-order valence-corrected chi connectivity index (χ1v) is 7.21. The van der Waals surface area contributed by atoms with Crippen LogP contribution in [-0.2, 0) is 9.47 Å². The lowest BCUT2D eigenvalue weighted by Crippen LogP contribution is -2.39. The highest BCUT2D eigenvalue weighted by molar-refractivity contribution is 8.12. The van der Waals surface area contributed by atoms with Gasteiger partial charge in [-0.15, -0.1) is 0 Å². The third kappa shape index (κ3) is 3.18. The van der Waals surface area contributed by atoms with Crippen molar-refractivity contribution >= 4 is 17.1 Å². The van der Waals surface area contributed by atoms with Gasteiger partial charge in [-0.2, -0.15) is 0 Å². The number of hydrogen-bond acceptors (Lipinski definition) is 8. The second-order valence-corrected chi connectivity index (χ2v) is 5.03. The molecule has 1 saturated heterocycles. The quantitative estimate of drug-likeness (QED) is 0.583. The fraction of sp³-hybridized carbons (Fsp3) is 0.545. The van der Waals surface area contributed by atoms with E-state index < -0.39 is 47.7 Å². The summed E-state index contributed by atoms with van der Waals surface area (Å²) in [5.41, 5.74) is -1.37. The molecular formula is C11H14N2O7S. The number of hydrogen-bond donors (Lipinski definition) is 3. The molecule has 1 aliphatic rings. The molecule has 1 aromatic rings. The number of aliphatic hydroxyl groups is 2. The fourth-order valence-electron chi connectivity index (χ4n) is 2.01. The van der Waals surface area contributed by atoms with Crippen molar-refractivity contribution in [3.05, 3.63) is 33.1 Å². The predicted octanol–water partition coefficient (Wildman–Crippen LogP) is -1.34. The molecule has 0 spiro atoms. The molecule has 21 heavy (non-hydrogen) atoms. The molecule has 0 aromatic carbocycles. The van der Waals surface area contributed by atoms with Crippen LogP contribution >= 0.6 is 11.8 Å². The standard InChI is InChI=1S/C11H14N2O7S/c1-21-11(18)20-8-7(16)5(4-14)19-9(8)13-3-2-6(15)12-10(13)17/h2-3,5,7-9,14,16H,4H2,1H3,(H,12,15,17)/t5-,7?,8+,9-/m1/s1. The second kappa shape index (κ2) is 6.43. The summed E-state index contributed by atoms with van der Waals surface area (Å²) < 4.78 is 11.4. The zero-order valence-electron chi connectivity index (χ0n) is 11.0. The van der Waals surface area contributed by atoms with E-state index in [2.05, 4.69) is 0 Å². The van der Waals surface area contributed by atoms with Gasteiger partial charge in [-0.05, 0) is 18.0 Å². The summed E-state index contributed by atoms with van der Waals surface area (Å²) >= 11 is 0.791. The molecule has 9 nitrogen and oxygen atoms in total. The van der Waals surface area contributed by atoms with Gasteiger partial charge in [0.05, 0.1) is 6.61 Å². The van der Waals surface area contributed by atoms with Gasteiger partial charge in [-0.25, -0.2) is 9.59 Å². The first-order chi connectivity index (χ1) is 9.97. The maximum absolute atomic E-state index is 11.8. The Hall–Kier alpha value is -1.62. The summed E-state index contributed by atoms with van der Waals surface area (Å²) in [6.07, 6.45) is -1.96. The van der Waals surface area contributed by atoms with E-state index in [0.717, 1.165) is 28.6 Å². The van der Waals surface area contributed by atoms with Crippen LogP contribution in [0.3, 0.4) is 0 Å². The third-order valence-electron chi connectivity index (χ3n) is 3.02. The minimum Gasteiger partial charge on any atom is -0.447 e. The number of ether oxygens (including phenoxy) is 2. The highest BCUT2D eigenvalue weighted by Crippen LogP contribution is 2.31. The molecule has 3 N–H and O–H groups in total. The summed E-state index contributed by atoms with van der Waals surface area (Å²) in [4.78, 5) is 36.3. The van der Waals surface area contributed by atoms with Crippen LogP contribution in [0.25, 0.3) is 0 Å². The van der Waals surface area contributed by atoms with Gasteiger partial charge in [0.25, 0.3) is 5.56 Å². The first-order valence-electron chi connectivity index (χ1n) is 5.98. The van der Waals surface area contributed by atoms with Gasteiger partial charge in [0.1, 0.15) is 12.2 Å². The smallest absolute Gasteiger partial charge is 0.367 e. The Balaban J connectivity index is 2.36. The SMILES string of the molecule is CSC(=O)O[C@H]1C(O)[C@@H](CO)O[C@H]1n1ccc(=O)[nH]c1=O. The molecule has 10 heteroatoms. The van der Waals surface area contributed by atoms with Crippen molar-refractivity contribution in [2.45, 2.75) is 24.5 Å². The maximum Gasteiger partial charge on any atom is 0.367 e. The zero-order valence-corrected chi connectivity index (χ0v) is 11.8. The Labute approximate surface area is 122 Å². The van der Waals surface area contributed by atoms with Gasteiger partial charge in [-0.3, -0.25) is 14.3 Å². The number of aromatic amines is 1. The van der Waals surface area contributed by atoms with E-state index in [0.29, 0.717) is 0 Å². The number of nitrogens with one attached hydrogen (secondary N) is 1. The Morgan fingerprint density at radius 1 is 1.57 bits per heavy atom. The molecule has 0 bridgehead atoms. The van der Waals surface area contributed by atoms with Crippen LogP contribution in [0.15, 0.2) is 21.9 Å². The van der Waals surface area contributed by atoms with Crippen LogP contribution in [0.2, 0.25) is 0 Å². The van der Waals surface area contributed by atoms with Crippen molar-refractivity contribution in [2.75, 3.05) is 12.9 Å². The normalized spacial score (nSPS) is 28.5. The zero-order chi connectivity index (χ0) is 15.6. The lowest BCUT2D eigenvalue weighted by atomic mass is 10.1. The Morgan fingerprint density at radius 3 is 2.86 bits per heavy atom. The Kier molecular flexibility index (Phi) is 4.83. The number of carbonyl (C=O) groups excluding carboxylic acids is 1. The minimum absolute atomic E-state index is 0.511. The van der Waals surface area contributed by atoms with E-state index in [9.17, 15) is 19.5 Å². The number of aromatic nitrogens is 2. The van der Waals surface area contributed by atoms with Crippen LogP contribution in [0.1, 0.15) is 6.23 Å². The highest BCUT2D eigenvalue weighted by atomic mass is 32.2. The summed E-state index contributed by atoms with van der Waals surface area (Å²) in [6, 6.07) is 1.09. The third-order valence-corrected chi connectivity index (χ3v) is 3.45. The molecule has 0 amide bonds. The van der Waals surface area contributed by atoms with Crippen LogP contribution < -0.4 is 11.2 Å². The molecule has 4 atom stereocenters. The lowest BCUT2D eigenvalue weighted by Gasteiger charge is -2.21. The average Bonchev–Trinajstić information content (AvgIpc) is 2.76.